The molecule has 4 heterocycles. The smallest absolute Gasteiger partial charge is 0.231 e. The molecule has 0 unspecified atom stereocenters. The Morgan fingerprint density at radius 2 is 0.818 bits per heavy atom. The van der Waals surface area contributed by atoms with Crippen LogP contribution in [-0.2, 0) is 0 Å². The fraction of sp³-hybridized carbons (Fsp3) is 0. The molecule has 0 saturated heterocycles. The van der Waals surface area contributed by atoms with Gasteiger partial charge in [-0.05, 0) is 18.2 Å². The van der Waals surface area contributed by atoms with E-state index in [-0.39, 0.29) is 0 Å². The lowest BCUT2D eigenvalue weighted by Gasteiger charge is -2.10. The predicted molar refractivity (Wildman–Crippen MR) is 174 cm³/mol. The molecule has 6 nitrogen and oxygen atoms in total. The Morgan fingerprint density at radius 3 is 1.43 bits per heavy atom. The number of para-hydroxylation sites is 2. The van der Waals surface area contributed by atoms with Crippen molar-refractivity contribution in [3.63, 3.8) is 0 Å². The highest BCUT2D eigenvalue weighted by Crippen LogP contribution is 2.39. The third kappa shape index (κ3) is 3.89. The molecule has 6 heteroatoms. The molecule has 0 saturated carbocycles. The van der Waals surface area contributed by atoms with Gasteiger partial charge in [0.1, 0.15) is 11.2 Å². The lowest BCUT2D eigenvalue weighted by molar-refractivity contribution is 0.653. The van der Waals surface area contributed by atoms with Crippen LogP contribution in [0.4, 0.5) is 0 Å². The van der Waals surface area contributed by atoms with E-state index in [4.69, 9.17) is 28.8 Å². The van der Waals surface area contributed by atoms with E-state index in [1.807, 2.05) is 103 Å². The second-order valence-corrected chi connectivity index (χ2v) is 10.7. The Labute approximate surface area is 251 Å². The largest absolute Gasteiger partial charge is 0.438 e. The summed E-state index contributed by atoms with van der Waals surface area (Å²) in [6, 6.07) is 44.3. The first-order chi connectivity index (χ1) is 21.8. The summed E-state index contributed by atoms with van der Waals surface area (Å²) in [6.45, 7) is 0. The molecule has 9 rings (SSSR count). The zero-order valence-electron chi connectivity index (χ0n) is 23.3. The lowest BCUT2D eigenvalue weighted by atomic mass is 10.0. The Hall–Kier alpha value is -6.14. The molecule has 0 N–H and O–H groups in total. The number of furan rings is 2. The highest BCUT2D eigenvalue weighted by atomic mass is 16.3. The van der Waals surface area contributed by atoms with Crippen LogP contribution in [0, 0.1) is 0 Å². The summed E-state index contributed by atoms with van der Waals surface area (Å²) in [5.74, 6) is 1.17. The number of fused-ring (bicyclic) bond motifs is 6. The maximum atomic E-state index is 6.27. The standard InChI is InChI=1S/C38H22N4O2/c1-3-12-23(13-4-1)33-31-27-18-7-9-20-29(27)43-37(31)42-36(39-33)26-17-11-16-25(22-26)34-32-28-19-8-10-21-30(28)44-38(32)41-35(40-34)24-14-5-2-6-15-24/h1-22H. The second-order valence-electron chi connectivity index (χ2n) is 10.7. The van der Waals surface area contributed by atoms with Gasteiger partial charge < -0.3 is 8.83 Å². The summed E-state index contributed by atoms with van der Waals surface area (Å²) < 4.78 is 12.5. The Morgan fingerprint density at radius 1 is 0.364 bits per heavy atom. The molecule has 0 bridgehead atoms. The van der Waals surface area contributed by atoms with Gasteiger partial charge >= 0.3 is 0 Å². The third-order valence-electron chi connectivity index (χ3n) is 7.95. The lowest BCUT2D eigenvalue weighted by Crippen LogP contribution is -1.96. The van der Waals surface area contributed by atoms with E-state index in [0.29, 0.717) is 23.1 Å². The average Bonchev–Trinajstić information content (AvgIpc) is 3.66. The van der Waals surface area contributed by atoms with Gasteiger partial charge in [0.2, 0.25) is 11.4 Å². The molecule has 5 aromatic carbocycles. The van der Waals surface area contributed by atoms with Crippen LogP contribution in [0.3, 0.4) is 0 Å². The van der Waals surface area contributed by atoms with Crippen molar-refractivity contribution in [3.8, 4) is 45.3 Å². The SMILES string of the molecule is c1ccc(-c2nc(-c3cccc(-c4nc(-c5ccccc5)c5c(n4)oc4ccccc45)c3)c3c(n2)oc2ccccc23)cc1. The second kappa shape index (κ2) is 9.71. The number of aromatic nitrogens is 4. The maximum Gasteiger partial charge on any atom is 0.231 e. The van der Waals surface area contributed by atoms with Crippen molar-refractivity contribution in [3.05, 3.63) is 133 Å². The molecule has 0 atom stereocenters. The summed E-state index contributed by atoms with van der Waals surface area (Å²) in [7, 11) is 0. The van der Waals surface area contributed by atoms with Gasteiger partial charge in [0.15, 0.2) is 11.6 Å². The molecule has 44 heavy (non-hydrogen) atoms. The average molecular weight is 567 g/mol. The first kappa shape index (κ1) is 24.5. The van der Waals surface area contributed by atoms with Crippen molar-refractivity contribution in [2.45, 2.75) is 0 Å². The van der Waals surface area contributed by atoms with E-state index < -0.39 is 0 Å². The van der Waals surface area contributed by atoms with Crippen molar-refractivity contribution >= 4 is 44.1 Å². The molecule has 0 aliphatic heterocycles. The third-order valence-corrected chi connectivity index (χ3v) is 7.95. The van der Waals surface area contributed by atoms with E-state index in [1.54, 1.807) is 0 Å². The predicted octanol–water partition coefficient (Wildman–Crippen LogP) is 9.73. The minimum absolute atomic E-state index is 0.548. The van der Waals surface area contributed by atoms with Crippen LogP contribution >= 0.6 is 0 Å². The van der Waals surface area contributed by atoms with Crippen molar-refractivity contribution < 1.29 is 8.83 Å². The van der Waals surface area contributed by atoms with Gasteiger partial charge in [0.25, 0.3) is 0 Å². The number of benzene rings is 5. The molecule has 0 aliphatic rings. The minimum atomic E-state index is 0.548. The fourth-order valence-corrected chi connectivity index (χ4v) is 5.91. The quantitative estimate of drug-likeness (QED) is 0.211. The monoisotopic (exact) mass is 566 g/mol. The van der Waals surface area contributed by atoms with Crippen LogP contribution in [-0.4, -0.2) is 19.9 Å². The van der Waals surface area contributed by atoms with E-state index >= 15 is 0 Å². The molecule has 4 aromatic heterocycles. The van der Waals surface area contributed by atoms with E-state index in [1.165, 1.54) is 0 Å². The molecular formula is C38H22N4O2. The molecule has 0 amide bonds. The van der Waals surface area contributed by atoms with Crippen LogP contribution in [0.15, 0.2) is 142 Å². The van der Waals surface area contributed by atoms with Gasteiger partial charge in [-0.25, -0.2) is 9.97 Å². The van der Waals surface area contributed by atoms with E-state index in [9.17, 15) is 0 Å². The van der Waals surface area contributed by atoms with Crippen molar-refractivity contribution in [1.82, 2.24) is 19.9 Å². The zero-order valence-corrected chi connectivity index (χ0v) is 23.3. The summed E-state index contributed by atoms with van der Waals surface area (Å²) in [4.78, 5) is 20.0. The highest BCUT2D eigenvalue weighted by molar-refractivity contribution is 6.12. The summed E-state index contributed by atoms with van der Waals surface area (Å²) in [5, 5.41) is 3.73. The summed E-state index contributed by atoms with van der Waals surface area (Å²) in [6.07, 6.45) is 0. The van der Waals surface area contributed by atoms with Gasteiger partial charge in [-0.2, -0.15) is 9.97 Å². The van der Waals surface area contributed by atoms with Crippen LogP contribution in [0.1, 0.15) is 0 Å². The summed E-state index contributed by atoms with van der Waals surface area (Å²) in [5.41, 5.74) is 7.94. The number of hydrogen-bond donors (Lipinski definition) is 0. The molecule has 0 spiro atoms. The molecular weight excluding hydrogens is 544 g/mol. The summed E-state index contributed by atoms with van der Waals surface area (Å²) >= 11 is 0. The topological polar surface area (TPSA) is 77.8 Å². The maximum absolute atomic E-state index is 6.27. The number of rotatable bonds is 4. The van der Waals surface area contributed by atoms with Gasteiger partial charge in [0.05, 0.1) is 22.2 Å². The Kier molecular flexibility index (Phi) is 5.40. The van der Waals surface area contributed by atoms with Crippen LogP contribution in [0.25, 0.3) is 89.4 Å². The first-order valence-corrected chi connectivity index (χ1v) is 14.4. The van der Waals surface area contributed by atoms with Crippen LogP contribution in [0.5, 0.6) is 0 Å². The van der Waals surface area contributed by atoms with Gasteiger partial charge in [-0.1, -0.05) is 115 Å². The van der Waals surface area contributed by atoms with Crippen LogP contribution < -0.4 is 0 Å². The van der Waals surface area contributed by atoms with E-state index in [2.05, 4.69) is 30.3 Å². The van der Waals surface area contributed by atoms with Gasteiger partial charge in [0, 0.05) is 33.0 Å². The van der Waals surface area contributed by atoms with Gasteiger partial charge in [-0.15, -0.1) is 0 Å². The molecule has 9 aromatic rings. The first-order valence-electron chi connectivity index (χ1n) is 14.4. The number of nitrogens with zero attached hydrogens (tertiary/aromatic N) is 4. The van der Waals surface area contributed by atoms with Gasteiger partial charge in [-0.3, -0.25) is 0 Å². The Balaban J connectivity index is 1.28. The van der Waals surface area contributed by atoms with Crippen LogP contribution in [0.2, 0.25) is 0 Å². The fourth-order valence-electron chi connectivity index (χ4n) is 5.91. The Bertz CT molecular complexity index is 2500. The number of hydrogen-bond acceptors (Lipinski definition) is 6. The van der Waals surface area contributed by atoms with Crippen molar-refractivity contribution in [2.24, 2.45) is 0 Å². The zero-order chi connectivity index (χ0) is 29.0. The minimum Gasteiger partial charge on any atom is -0.438 e. The molecule has 0 radical (unpaired) electrons. The molecule has 0 aliphatic carbocycles. The van der Waals surface area contributed by atoms with Crippen molar-refractivity contribution in [2.75, 3.05) is 0 Å². The van der Waals surface area contributed by atoms with E-state index in [0.717, 1.165) is 66.4 Å². The molecule has 206 valence electrons. The van der Waals surface area contributed by atoms with Crippen molar-refractivity contribution in [1.29, 1.82) is 0 Å². The normalized spacial score (nSPS) is 11.6. The molecule has 0 fully saturated rings. The highest BCUT2D eigenvalue weighted by Gasteiger charge is 2.21.